The summed E-state index contributed by atoms with van der Waals surface area (Å²) in [6.45, 7) is -0.608. The van der Waals surface area contributed by atoms with E-state index in [2.05, 4.69) is 5.32 Å². The smallest absolute Gasteiger partial charge is 0.323 e. The van der Waals surface area contributed by atoms with Crippen LogP contribution in [0, 0.1) is 0 Å². The van der Waals surface area contributed by atoms with Gasteiger partial charge in [-0.15, -0.1) is 0 Å². The van der Waals surface area contributed by atoms with Gasteiger partial charge in [0, 0.05) is 29.0 Å². The van der Waals surface area contributed by atoms with E-state index in [4.69, 9.17) is 11.6 Å². The number of anilines is 1. The van der Waals surface area contributed by atoms with Gasteiger partial charge in [-0.2, -0.15) is 13.2 Å². The maximum atomic E-state index is 12.8. The third kappa shape index (κ3) is 5.18. The normalized spacial score (nSPS) is 12.7. The van der Waals surface area contributed by atoms with Crippen molar-refractivity contribution in [1.29, 1.82) is 0 Å². The van der Waals surface area contributed by atoms with Crippen LogP contribution in [-0.4, -0.2) is 20.9 Å². The monoisotopic (exact) mass is 406 g/mol. The summed E-state index contributed by atoms with van der Waals surface area (Å²) < 4.78 is 50.2. The third-order valence-electron chi connectivity index (χ3n) is 3.31. The van der Waals surface area contributed by atoms with Gasteiger partial charge in [-0.25, -0.2) is 0 Å². The number of hydrogen-bond acceptors (Lipinski definition) is 3. The Morgan fingerprint density at radius 1 is 1.31 bits per heavy atom. The van der Waals surface area contributed by atoms with Gasteiger partial charge in [0.25, 0.3) is 5.56 Å². The number of nitrogens with one attached hydrogen (secondary N) is 1. The molecule has 1 aromatic carbocycles. The summed E-state index contributed by atoms with van der Waals surface area (Å²) >= 11 is 5.99. The van der Waals surface area contributed by atoms with Crippen molar-refractivity contribution < 1.29 is 22.2 Å². The summed E-state index contributed by atoms with van der Waals surface area (Å²) in [4.78, 5) is 24.0. The van der Waals surface area contributed by atoms with Crippen molar-refractivity contribution in [2.24, 2.45) is 0 Å². The number of carbonyl (C=O) groups excluding carboxylic acids is 1. The fraction of sp³-hybridized carbons (Fsp3) is 0.250. The van der Waals surface area contributed by atoms with Gasteiger partial charge in [-0.1, -0.05) is 17.7 Å². The first kappa shape index (κ1) is 20.2. The number of halogens is 4. The molecule has 2 rings (SSSR count). The highest BCUT2D eigenvalue weighted by atomic mass is 35.5. The van der Waals surface area contributed by atoms with Gasteiger partial charge >= 0.3 is 6.18 Å². The molecule has 0 bridgehead atoms. The van der Waals surface area contributed by atoms with E-state index in [1.807, 2.05) is 0 Å². The summed E-state index contributed by atoms with van der Waals surface area (Å²) in [5.41, 5.74) is -1.77. The fourth-order valence-corrected chi connectivity index (χ4v) is 3.03. The van der Waals surface area contributed by atoms with E-state index in [1.54, 1.807) is 6.07 Å². The molecule has 0 spiro atoms. The van der Waals surface area contributed by atoms with Crippen LogP contribution in [0.1, 0.15) is 11.1 Å². The van der Waals surface area contributed by atoms with Gasteiger partial charge in [0.05, 0.1) is 10.7 Å². The van der Waals surface area contributed by atoms with Crippen molar-refractivity contribution in [2.45, 2.75) is 18.5 Å². The van der Waals surface area contributed by atoms with E-state index in [-0.39, 0.29) is 16.5 Å². The zero-order valence-corrected chi connectivity index (χ0v) is 15.0. The number of carbonyl (C=O) groups is 1. The number of amides is 1. The van der Waals surface area contributed by atoms with Crippen LogP contribution in [0.5, 0.6) is 0 Å². The molecule has 1 amide bonds. The Labute approximate surface area is 154 Å². The molecule has 1 heterocycles. The zero-order valence-electron chi connectivity index (χ0n) is 13.5. The molecule has 0 aliphatic carbocycles. The number of aromatic nitrogens is 1. The maximum Gasteiger partial charge on any atom is 0.421 e. The van der Waals surface area contributed by atoms with Crippen molar-refractivity contribution in [2.75, 3.05) is 11.6 Å². The van der Waals surface area contributed by atoms with Gasteiger partial charge in [0.15, 0.2) is 0 Å². The van der Waals surface area contributed by atoms with E-state index in [0.717, 1.165) is 12.3 Å². The molecule has 0 aliphatic heterocycles. The van der Waals surface area contributed by atoms with Crippen LogP contribution < -0.4 is 10.9 Å². The molecule has 0 radical (unpaired) electrons. The summed E-state index contributed by atoms with van der Waals surface area (Å²) in [7, 11) is -1.10. The van der Waals surface area contributed by atoms with Crippen LogP contribution in [0.15, 0.2) is 41.3 Å². The minimum atomic E-state index is -4.80. The number of nitrogens with zero attached hydrogens (tertiary/aromatic N) is 1. The van der Waals surface area contributed by atoms with Gasteiger partial charge in [-0.05, 0) is 29.8 Å². The molecule has 0 saturated heterocycles. The third-order valence-corrected chi connectivity index (χ3v) is 4.38. The molecular formula is C16H14ClF3N2O3S. The lowest BCUT2D eigenvalue weighted by Gasteiger charge is -2.12. The van der Waals surface area contributed by atoms with Crippen LogP contribution in [-0.2, 0) is 34.1 Å². The Balaban J connectivity index is 2.20. The standard InChI is InChI=1S/C16H14ClF3N2O3S/c1-26(25)9-10-4-5-12(17)13(7-10)21-14(23)8-22-6-2-3-11(15(22)24)16(18,19)20/h2-7H,8-9H2,1H3,(H,21,23). The number of hydrogen-bond donors (Lipinski definition) is 1. The van der Waals surface area contributed by atoms with Gasteiger partial charge in [0.2, 0.25) is 5.91 Å². The van der Waals surface area contributed by atoms with Crippen molar-refractivity contribution in [3.63, 3.8) is 0 Å². The lowest BCUT2D eigenvalue weighted by atomic mass is 10.2. The first-order chi connectivity index (χ1) is 12.1. The molecule has 0 saturated carbocycles. The number of pyridine rings is 1. The number of alkyl halides is 3. The first-order valence-corrected chi connectivity index (χ1v) is 9.33. The molecule has 5 nitrogen and oxygen atoms in total. The maximum absolute atomic E-state index is 12.8. The molecule has 1 aromatic heterocycles. The van der Waals surface area contributed by atoms with E-state index in [0.29, 0.717) is 16.2 Å². The summed E-state index contributed by atoms with van der Waals surface area (Å²) in [5.74, 6) is -0.462. The van der Waals surface area contributed by atoms with E-state index >= 15 is 0 Å². The van der Waals surface area contributed by atoms with Crippen LogP contribution in [0.4, 0.5) is 18.9 Å². The SMILES string of the molecule is CS(=O)Cc1ccc(Cl)c(NC(=O)Cn2cccc(C(F)(F)F)c2=O)c1. The molecular weight excluding hydrogens is 393 g/mol. The van der Waals surface area contributed by atoms with Crippen LogP contribution in [0.25, 0.3) is 0 Å². The molecule has 0 aliphatic rings. The van der Waals surface area contributed by atoms with Gasteiger partial charge in [-0.3, -0.25) is 13.8 Å². The molecule has 2 aromatic rings. The van der Waals surface area contributed by atoms with Crippen molar-refractivity contribution in [1.82, 2.24) is 4.57 Å². The van der Waals surface area contributed by atoms with Gasteiger partial charge in [0.1, 0.15) is 12.1 Å². The minimum absolute atomic E-state index is 0.209. The quantitative estimate of drug-likeness (QED) is 0.829. The second kappa shape index (κ2) is 8.05. The van der Waals surface area contributed by atoms with Crippen molar-refractivity contribution >= 4 is 34.0 Å². The topological polar surface area (TPSA) is 68.2 Å². The summed E-state index contributed by atoms with van der Waals surface area (Å²) in [6, 6.07) is 6.38. The highest BCUT2D eigenvalue weighted by molar-refractivity contribution is 7.83. The van der Waals surface area contributed by atoms with Gasteiger partial charge < -0.3 is 9.88 Å². The fourth-order valence-electron chi connectivity index (χ4n) is 2.21. The number of benzene rings is 1. The summed E-state index contributed by atoms with van der Waals surface area (Å²) in [5, 5.41) is 2.66. The first-order valence-electron chi connectivity index (χ1n) is 7.23. The summed E-state index contributed by atoms with van der Waals surface area (Å²) in [6.07, 6.45) is -2.19. The Bertz CT molecular complexity index is 912. The predicted octanol–water partition coefficient (Wildman–Crippen LogP) is 3.04. The number of rotatable bonds is 5. The molecule has 140 valence electrons. The Hall–Kier alpha value is -2.13. The highest BCUT2D eigenvalue weighted by Crippen LogP contribution is 2.26. The van der Waals surface area contributed by atoms with Crippen LogP contribution in [0.3, 0.4) is 0 Å². The van der Waals surface area contributed by atoms with Crippen molar-refractivity contribution in [3.05, 3.63) is 63.0 Å². The molecule has 1 N–H and O–H groups in total. The lowest BCUT2D eigenvalue weighted by molar-refractivity contribution is -0.139. The Morgan fingerprint density at radius 3 is 2.62 bits per heavy atom. The van der Waals surface area contributed by atoms with E-state index < -0.39 is 40.6 Å². The second-order valence-corrected chi connectivity index (χ2v) is 7.27. The predicted molar refractivity (Wildman–Crippen MR) is 93.6 cm³/mol. The Kier molecular flexibility index (Phi) is 6.25. The average molecular weight is 407 g/mol. The van der Waals surface area contributed by atoms with Crippen molar-refractivity contribution in [3.8, 4) is 0 Å². The largest absolute Gasteiger partial charge is 0.421 e. The molecule has 10 heteroatoms. The Morgan fingerprint density at radius 2 is 2.00 bits per heavy atom. The highest BCUT2D eigenvalue weighted by Gasteiger charge is 2.34. The molecule has 1 unspecified atom stereocenters. The average Bonchev–Trinajstić information content (AvgIpc) is 2.51. The van der Waals surface area contributed by atoms with E-state index in [1.165, 1.54) is 18.4 Å². The lowest BCUT2D eigenvalue weighted by Crippen LogP contribution is -2.32. The molecule has 26 heavy (non-hydrogen) atoms. The molecule has 0 fully saturated rings. The molecule has 1 atom stereocenters. The minimum Gasteiger partial charge on any atom is -0.323 e. The zero-order chi connectivity index (χ0) is 19.5. The van der Waals surface area contributed by atoms with Crippen LogP contribution >= 0.6 is 11.6 Å². The van der Waals surface area contributed by atoms with E-state index in [9.17, 15) is 27.0 Å². The second-order valence-electron chi connectivity index (χ2n) is 5.43. The van der Waals surface area contributed by atoms with Crippen LogP contribution in [0.2, 0.25) is 5.02 Å².